The molecule has 1 aliphatic carbocycles. The minimum atomic E-state index is -0.702. The molecule has 1 fully saturated rings. The molecule has 0 heterocycles. The molecule has 0 spiro atoms. The smallest absolute Gasteiger partial charge is 0.303 e. The van der Waals surface area contributed by atoms with Crippen LogP contribution in [0.1, 0.15) is 76.3 Å². The number of carbonyl (C=O) groups is 1. The highest BCUT2D eigenvalue weighted by molar-refractivity contribution is 5.66. The molecule has 1 aromatic rings. The second-order valence-electron chi connectivity index (χ2n) is 7.90. The van der Waals surface area contributed by atoms with E-state index in [1.54, 1.807) is 0 Å². The van der Waals surface area contributed by atoms with E-state index in [2.05, 4.69) is 45.0 Å². The Morgan fingerprint density at radius 1 is 1.09 bits per heavy atom. The van der Waals surface area contributed by atoms with Crippen molar-refractivity contribution in [2.24, 2.45) is 11.3 Å². The number of carboxylic acids is 1. The lowest BCUT2D eigenvalue weighted by Crippen LogP contribution is -2.25. The van der Waals surface area contributed by atoms with Gasteiger partial charge in [0.1, 0.15) is 0 Å². The molecule has 0 bridgehead atoms. The fourth-order valence-corrected chi connectivity index (χ4v) is 3.69. The van der Waals surface area contributed by atoms with Gasteiger partial charge in [0.25, 0.3) is 0 Å². The van der Waals surface area contributed by atoms with Gasteiger partial charge in [0.2, 0.25) is 0 Å². The summed E-state index contributed by atoms with van der Waals surface area (Å²) in [7, 11) is 0. The minimum Gasteiger partial charge on any atom is -0.481 e. The van der Waals surface area contributed by atoms with Crippen molar-refractivity contribution >= 4 is 5.97 Å². The highest BCUT2D eigenvalue weighted by Crippen LogP contribution is 2.43. The van der Waals surface area contributed by atoms with Crippen LogP contribution in [0.2, 0.25) is 0 Å². The number of aryl methyl sites for hydroxylation is 1. The average Bonchev–Trinajstić information content (AvgIpc) is 2.47. The lowest BCUT2D eigenvalue weighted by Gasteiger charge is -2.37. The number of hydrogen-bond donors (Lipinski definition) is 1. The van der Waals surface area contributed by atoms with Crippen LogP contribution in [0.4, 0.5) is 0 Å². The highest BCUT2D eigenvalue weighted by atomic mass is 16.4. The van der Waals surface area contributed by atoms with E-state index in [-0.39, 0.29) is 6.42 Å². The van der Waals surface area contributed by atoms with Crippen LogP contribution < -0.4 is 0 Å². The summed E-state index contributed by atoms with van der Waals surface area (Å²) in [5.41, 5.74) is 3.17. The Kier molecular flexibility index (Phi) is 5.66. The molecule has 1 aliphatic rings. The fourth-order valence-electron chi connectivity index (χ4n) is 3.69. The Labute approximate surface area is 134 Å². The van der Waals surface area contributed by atoms with Crippen LogP contribution >= 0.6 is 0 Å². The van der Waals surface area contributed by atoms with E-state index in [0.717, 1.165) is 18.8 Å². The summed E-state index contributed by atoms with van der Waals surface area (Å²) < 4.78 is 0. The highest BCUT2D eigenvalue weighted by Gasteiger charge is 2.30. The van der Waals surface area contributed by atoms with Gasteiger partial charge < -0.3 is 5.11 Å². The molecular weight excluding hydrogens is 272 g/mol. The summed E-state index contributed by atoms with van der Waals surface area (Å²) in [5, 5.41) is 8.68. The van der Waals surface area contributed by atoms with Crippen molar-refractivity contribution in [3.63, 3.8) is 0 Å². The molecule has 0 aromatic heterocycles. The number of benzene rings is 1. The molecule has 1 N–H and O–H groups in total. The van der Waals surface area contributed by atoms with E-state index in [0.29, 0.717) is 11.3 Å². The second kappa shape index (κ2) is 7.30. The van der Waals surface area contributed by atoms with Gasteiger partial charge >= 0.3 is 5.97 Å². The number of rotatable bonds is 5. The van der Waals surface area contributed by atoms with Gasteiger partial charge in [-0.15, -0.1) is 0 Å². The molecule has 2 nitrogen and oxygen atoms in total. The minimum absolute atomic E-state index is 0.262. The molecule has 122 valence electrons. The van der Waals surface area contributed by atoms with Crippen LogP contribution in [0.5, 0.6) is 0 Å². The number of hydrogen-bond acceptors (Lipinski definition) is 1. The second-order valence-corrected chi connectivity index (χ2v) is 7.90. The topological polar surface area (TPSA) is 37.3 Å². The maximum atomic E-state index is 10.5. The molecule has 0 unspecified atom stereocenters. The Bertz CT molecular complexity index is 473. The van der Waals surface area contributed by atoms with Crippen molar-refractivity contribution in [1.29, 1.82) is 0 Å². The molecule has 0 aliphatic heterocycles. The number of carboxylic acid groups (broad SMARTS) is 1. The first-order valence-corrected chi connectivity index (χ1v) is 8.67. The summed E-state index contributed by atoms with van der Waals surface area (Å²) in [5.74, 6) is 0.873. The van der Waals surface area contributed by atoms with E-state index in [4.69, 9.17) is 5.11 Å². The third-order valence-electron chi connectivity index (χ3n) is 5.26. The third-order valence-corrected chi connectivity index (χ3v) is 5.26. The monoisotopic (exact) mass is 302 g/mol. The summed E-state index contributed by atoms with van der Waals surface area (Å²) in [6, 6.07) is 8.90. The van der Waals surface area contributed by atoms with Crippen LogP contribution in [-0.4, -0.2) is 11.1 Å². The quantitative estimate of drug-likeness (QED) is 0.789. The third kappa shape index (κ3) is 4.86. The van der Waals surface area contributed by atoms with Gasteiger partial charge in [-0.05, 0) is 66.9 Å². The van der Waals surface area contributed by atoms with E-state index < -0.39 is 5.97 Å². The first-order valence-electron chi connectivity index (χ1n) is 8.67. The van der Waals surface area contributed by atoms with Crippen LogP contribution in [0.25, 0.3) is 0 Å². The van der Waals surface area contributed by atoms with E-state index >= 15 is 0 Å². The van der Waals surface area contributed by atoms with Crippen LogP contribution in [0.3, 0.4) is 0 Å². The van der Waals surface area contributed by atoms with E-state index in [9.17, 15) is 4.79 Å². The SMILES string of the molecule is CC(C)(C)C1CCC(c2ccc(CCCC(=O)O)cc2)CC1. The van der Waals surface area contributed by atoms with Crippen molar-refractivity contribution in [3.8, 4) is 0 Å². The predicted molar refractivity (Wildman–Crippen MR) is 91.2 cm³/mol. The van der Waals surface area contributed by atoms with Gasteiger partial charge in [0, 0.05) is 6.42 Å². The summed E-state index contributed by atoms with van der Waals surface area (Å²) in [4.78, 5) is 10.5. The van der Waals surface area contributed by atoms with E-state index in [1.807, 2.05) is 0 Å². The first kappa shape index (κ1) is 17.1. The van der Waals surface area contributed by atoms with Gasteiger partial charge in [-0.25, -0.2) is 0 Å². The zero-order valence-corrected chi connectivity index (χ0v) is 14.3. The molecule has 0 saturated heterocycles. The van der Waals surface area contributed by atoms with Crippen LogP contribution in [-0.2, 0) is 11.2 Å². The Morgan fingerprint density at radius 2 is 1.68 bits per heavy atom. The molecule has 0 atom stereocenters. The molecule has 22 heavy (non-hydrogen) atoms. The molecule has 1 aromatic carbocycles. The maximum absolute atomic E-state index is 10.5. The lowest BCUT2D eigenvalue weighted by molar-refractivity contribution is -0.137. The van der Waals surface area contributed by atoms with Gasteiger partial charge in [-0.3, -0.25) is 4.79 Å². The Morgan fingerprint density at radius 3 is 2.18 bits per heavy atom. The zero-order chi connectivity index (χ0) is 16.2. The average molecular weight is 302 g/mol. The van der Waals surface area contributed by atoms with Gasteiger partial charge in [-0.2, -0.15) is 0 Å². The Balaban J connectivity index is 1.85. The van der Waals surface area contributed by atoms with Crippen LogP contribution in [0.15, 0.2) is 24.3 Å². The maximum Gasteiger partial charge on any atom is 0.303 e. The largest absolute Gasteiger partial charge is 0.481 e. The first-order chi connectivity index (χ1) is 10.4. The van der Waals surface area contributed by atoms with Crippen molar-refractivity contribution in [2.75, 3.05) is 0 Å². The fraction of sp³-hybridized carbons (Fsp3) is 0.650. The summed E-state index contributed by atoms with van der Waals surface area (Å²) in [6.07, 6.45) is 7.15. The van der Waals surface area contributed by atoms with Crippen molar-refractivity contribution < 1.29 is 9.90 Å². The molecule has 1 saturated carbocycles. The van der Waals surface area contributed by atoms with Crippen LogP contribution in [0, 0.1) is 11.3 Å². The summed E-state index contributed by atoms with van der Waals surface area (Å²) in [6.45, 7) is 7.09. The molecule has 0 radical (unpaired) electrons. The Hall–Kier alpha value is -1.31. The van der Waals surface area contributed by atoms with Crippen molar-refractivity contribution in [1.82, 2.24) is 0 Å². The summed E-state index contributed by atoms with van der Waals surface area (Å²) >= 11 is 0. The number of aliphatic carboxylic acids is 1. The molecule has 2 heteroatoms. The lowest BCUT2D eigenvalue weighted by atomic mass is 9.68. The van der Waals surface area contributed by atoms with Gasteiger partial charge in [-0.1, -0.05) is 45.0 Å². The van der Waals surface area contributed by atoms with Gasteiger partial charge in [0.15, 0.2) is 0 Å². The van der Waals surface area contributed by atoms with Gasteiger partial charge in [0.05, 0.1) is 0 Å². The predicted octanol–water partition coefficient (Wildman–Crippen LogP) is 5.41. The van der Waals surface area contributed by atoms with E-state index in [1.165, 1.54) is 36.8 Å². The van der Waals surface area contributed by atoms with Crippen molar-refractivity contribution in [2.45, 2.75) is 71.6 Å². The normalized spacial score (nSPS) is 22.5. The standard InChI is InChI=1S/C20H30O2/c1-20(2,3)18-13-11-17(12-14-18)16-9-7-15(8-10-16)5-4-6-19(21)22/h7-10,17-18H,4-6,11-14H2,1-3H3,(H,21,22). The zero-order valence-electron chi connectivity index (χ0n) is 14.3. The molecule has 0 amide bonds. The molecular formula is C20H30O2. The van der Waals surface area contributed by atoms with Crippen molar-refractivity contribution in [3.05, 3.63) is 35.4 Å². The molecule has 2 rings (SSSR count).